The molecule has 0 saturated carbocycles. The third-order valence-corrected chi connectivity index (χ3v) is 6.29. The molecule has 0 radical (unpaired) electrons. The highest BCUT2D eigenvalue weighted by Gasteiger charge is 2.18. The summed E-state index contributed by atoms with van der Waals surface area (Å²) in [4.78, 5) is 29.0. The Morgan fingerprint density at radius 2 is 1.75 bits per heavy atom. The molecule has 0 aliphatic carbocycles. The van der Waals surface area contributed by atoms with Crippen LogP contribution in [-0.2, 0) is 17.8 Å². The summed E-state index contributed by atoms with van der Waals surface area (Å²) in [6, 6.07) is 21.8. The van der Waals surface area contributed by atoms with E-state index in [1.165, 1.54) is 16.0 Å². The van der Waals surface area contributed by atoms with Gasteiger partial charge in [-0.15, -0.1) is 0 Å². The predicted octanol–water partition coefficient (Wildman–Crippen LogP) is 5.03. The van der Waals surface area contributed by atoms with Crippen molar-refractivity contribution in [1.82, 2.24) is 4.90 Å². The number of aryl methyl sites for hydroxylation is 1. The fraction of sp³-hybridized carbons (Fsp3) is 0.231. The van der Waals surface area contributed by atoms with E-state index in [0.29, 0.717) is 5.56 Å². The van der Waals surface area contributed by atoms with E-state index in [1.54, 1.807) is 7.05 Å². The normalized spacial score (nSPS) is 12.8. The zero-order valence-electron chi connectivity index (χ0n) is 18.3. The van der Waals surface area contributed by atoms with Gasteiger partial charge in [-0.3, -0.25) is 9.59 Å². The number of carbonyl (C=O) groups excluding carboxylic acids is 2. The monoisotopic (exact) mass is 491 g/mol. The van der Waals surface area contributed by atoms with E-state index >= 15 is 0 Å². The van der Waals surface area contributed by atoms with Crippen LogP contribution in [0.1, 0.15) is 27.0 Å². The molecular formula is C26H26BrN3O2. The maximum absolute atomic E-state index is 12.8. The number of rotatable bonds is 5. The van der Waals surface area contributed by atoms with Crippen LogP contribution in [0, 0.1) is 6.92 Å². The van der Waals surface area contributed by atoms with E-state index in [0.717, 1.165) is 40.9 Å². The van der Waals surface area contributed by atoms with E-state index in [-0.39, 0.29) is 18.4 Å². The number of halogens is 1. The summed E-state index contributed by atoms with van der Waals surface area (Å²) in [6.07, 6.45) is 1.02. The van der Waals surface area contributed by atoms with Gasteiger partial charge < -0.3 is 15.1 Å². The highest BCUT2D eigenvalue weighted by atomic mass is 79.9. The third kappa shape index (κ3) is 5.02. The van der Waals surface area contributed by atoms with Gasteiger partial charge in [0, 0.05) is 41.5 Å². The SMILES string of the molecule is Cc1cc(Br)ccc1NC(=O)CN(C)C(=O)c1ccc(N2CCc3ccccc3C2)cc1. The lowest BCUT2D eigenvalue weighted by Gasteiger charge is -2.30. The standard InChI is InChI=1S/C26H26BrN3O2/c1-18-15-22(27)9-12-24(18)28-25(31)17-29(2)26(32)20-7-10-23(11-8-20)30-14-13-19-5-3-4-6-21(19)16-30/h3-12,15H,13-14,16-17H2,1-2H3,(H,28,31). The summed E-state index contributed by atoms with van der Waals surface area (Å²) < 4.78 is 0.956. The van der Waals surface area contributed by atoms with Crippen LogP contribution in [0.5, 0.6) is 0 Å². The molecule has 1 N–H and O–H groups in total. The van der Waals surface area contributed by atoms with Gasteiger partial charge in [-0.1, -0.05) is 40.2 Å². The van der Waals surface area contributed by atoms with Crippen molar-refractivity contribution in [2.75, 3.05) is 30.4 Å². The van der Waals surface area contributed by atoms with E-state index in [2.05, 4.69) is 50.4 Å². The van der Waals surface area contributed by atoms with Crippen LogP contribution >= 0.6 is 15.9 Å². The van der Waals surface area contributed by atoms with E-state index in [4.69, 9.17) is 0 Å². The molecule has 32 heavy (non-hydrogen) atoms. The average Bonchev–Trinajstić information content (AvgIpc) is 2.80. The minimum absolute atomic E-state index is 0.0149. The Morgan fingerprint density at radius 3 is 2.47 bits per heavy atom. The van der Waals surface area contributed by atoms with Crippen molar-refractivity contribution < 1.29 is 9.59 Å². The molecule has 1 aliphatic heterocycles. The summed E-state index contributed by atoms with van der Waals surface area (Å²) in [5.41, 5.74) is 6.13. The van der Waals surface area contributed by atoms with Crippen LogP contribution in [-0.4, -0.2) is 36.9 Å². The van der Waals surface area contributed by atoms with Crippen LogP contribution < -0.4 is 10.2 Å². The molecule has 3 aromatic carbocycles. The summed E-state index contributed by atoms with van der Waals surface area (Å²) >= 11 is 3.42. The highest BCUT2D eigenvalue weighted by molar-refractivity contribution is 9.10. The summed E-state index contributed by atoms with van der Waals surface area (Å²) in [6.45, 7) is 3.75. The molecule has 0 unspecified atom stereocenters. The average molecular weight is 492 g/mol. The van der Waals surface area contributed by atoms with Crippen molar-refractivity contribution in [2.45, 2.75) is 19.9 Å². The number of carbonyl (C=O) groups is 2. The molecule has 0 saturated heterocycles. The topological polar surface area (TPSA) is 52.7 Å². The summed E-state index contributed by atoms with van der Waals surface area (Å²) in [5, 5.41) is 2.87. The minimum atomic E-state index is -0.227. The van der Waals surface area contributed by atoms with Gasteiger partial charge in [-0.2, -0.15) is 0 Å². The molecule has 164 valence electrons. The zero-order valence-corrected chi connectivity index (χ0v) is 19.9. The van der Waals surface area contributed by atoms with Gasteiger partial charge in [-0.05, 0) is 72.5 Å². The summed E-state index contributed by atoms with van der Waals surface area (Å²) in [7, 11) is 1.64. The maximum atomic E-state index is 12.8. The first-order valence-corrected chi connectivity index (χ1v) is 11.4. The Bertz CT molecular complexity index is 1140. The predicted molar refractivity (Wildman–Crippen MR) is 132 cm³/mol. The number of nitrogens with zero attached hydrogens (tertiary/aromatic N) is 2. The fourth-order valence-electron chi connectivity index (χ4n) is 4.00. The van der Waals surface area contributed by atoms with Crippen molar-refractivity contribution in [1.29, 1.82) is 0 Å². The fourth-order valence-corrected chi connectivity index (χ4v) is 4.47. The number of anilines is 2. The van der Waals surface area contributed by atoms with Crippen LogP contribution in [0.25, 0.3) is 0 Å². The molecule has 1 heterocycles. The van der Waals surface area contributed by atoms with Crippen LogP contribution in [0.3, 0.4) is 0 Å². The van der Waals surface area contributed by atoms with Crippen molar-refractivity contribution in [2.24, 2.45) is 0 Å². The van der Waals surface area contributed by atoms with E-state index < -0.39 is 0 Å². The van der Waals surface area contributed by atoms with Crippen molar-refractivity contribution in [3.05, 3.63) is 93.5 Å². The summed E-state index contributed by atoms with van der Waals surface area (Å²) in [5.74, 6) is -0.405. The van der Waals surface area contributed by atoms with Crippen molar-refractivity contribution >= 4 is 39.1 Å². The second-order valence-electron chi connectivity index (χ2n) is 8.16. The molecule has 0 atom stereocenters. The van der Waals surface area contributed by atoms with Gasteiger partial charge in [0.2, 0.25) is 5.91 Å². The lowest BCUT2D eigenvalue weighted by molar-refractivity contribution is -0.116. The van der Waals surface area contributed by atoms with Crippen molar-refractivity contribution in [3.8, 4) is 0 Å². The Labute approximate surface area is 197 Å². The molecule has 2 amide bonds. The van der Waals surface area contributed by atoms with Crippen LogP contribution in [0.15, 0.2) is 71.2 Å². The number of nitrogens with one attached hydrogen (secondary N) is 1. The molecule has 1 aliphatic rings. The first-order valence-electron chi connectivity index (χ1n) is 10.6. The molecular weight excluding hydrogens is 466 g/mol. The number of likely N-dealkylation sites (N-methyl/N-ethyl adjacent to an activating group) is 1. The van der Waals surface area contributed by atoms with Gasteiger partial charge in [-0.25, -0.2) is 0 Å². The number of fused-ring (bicyclic) bond motifs is 1. The number of benzene rings is 3. The molecule has 4 rings (SSSR count). The smallest absolute Gasteiger partial charge is 0.254 e. The second-order valence-corrected chi connectivity index (χ2v) is 9.07. The second kappa shape index (κ2) is 9.57. The van der Waals surface area contributed by atoms with E-state index in [9.17, 15) is 9.59 Å². The molecule has 5 nitrogen and oxygen atoms in total. The molecule has 6 heteroatoms. The first-order chi connectivity index (χ1) is 15.4. The van der Waals surface area contributed by atoms with Gasteiger partial charge >= 0.3 is 0 Å². The number of amides is 2. The molecule has 0 bridgehead atoms. The molecule has 0 spiro atoms. The Morgan fingerprint density at radius 1 is 1.03 bits per heavy atom. The van der Waals surface area contributed by atoms with Gasteiger partial charge in [0.25, 0.3) is 5.91 Å². The number of hydrogen-bond acceptors (Lipinski definition) is 3. The lowest BCUT2D eigenvalue weighted by Crippen LogP contribution is -2.35. The van der Waals surface area contributed by atoms with Gasteiger partial charge in [0.1, 0.15) is 0 Å². The third-order valence-electron chi connectivity index (χ3n) is 5.80. The van der Waals surface area contributed by atoms with Crippen LogP contribution in [0.2, 0.25) is 0 Å². The van der Waals surface area contributed by atoms with Crippen LogP contribution in [0.4, 0.5) is 11.4 Å². The first kappa shape index (κ1) is 22.1. The lowest BCUT2D eigenvalue weighted by atomic mass is 9.99. The zero-order chi connectivity index (χ0) is 22.7. The number of hydrogen-bond donors (Lipinski definition) is 1. The largest absolute Gasteiger partial charge is 0.367 e. The molecule has 0 fully saturated rings. The Kier molecular flexibility index (Phi) is 6.61. The molecule has 0 aromatic heterocycles. The Hall–Kier alpha value is -3.12. The quantitative estimate of drug-likeness (QED) is 0.544. The van der Waals surface area contributed by atoms with E-state index in [1.807, 2.05) is 49.4 Å². The Balaban J connectivity index is 1.36. The van der Waals surface area contributed by atoms with Crippen molar-refractivity contribution in [3.63, 3.8) is 0 Å². The maximum Gasteiger partial charge on any atom is 0.254 e. The minimum Gasteiger partial charge on any atom is -0.367 e. The van der Waals surface area contributed by atoms with Gasteiger partial charge in [0.15, 0.2) is 0 Å². The van der Waals surface area contributed by atoms with Gasteiger partial charge in [0.05, 0.1) is 6.54 Å². The molecule has 3 aromatic rings. The highest BCUT2D eigenvalue weighted by Crippen LogP contribution is 2.25.